The first kappa shape index (κ1) is 11.7. The zero-order chi connectivity index (χ0) is 11.4. The summed E-state index contributed by atoms with van der Waals surface area (Å²) in [4.78, 5) is 0. The normalized spacial score (nSPS) is 20.6. The molecule has 0 saturated heterocycles. The minimum Gasteiger partial charge on any atom is -0.207 e. The predicted molar refractivity (Wildman–Crippen MR) is 70.1 cm³/mol. The molecule has 0 bridgehead atoms. The van der Waals surface area contributed by atoms with Crippen LogP contribution in [0.15, 0.2) is 30.3 Å². The summed E-state index contributed by atoms with van der Waals surface area (Å²) in [6, 6.07) is 6.92. The van der Waals surface area contributed by atoms with E-state index >= 15 is 0 Å². The van der Waals surface area contributed by atoms with Crippen molar-refractivity contribution in [2.45, 2.75) is 19.3 Å². The summed E-state index contributed by atoms with van der Waals surface area (Å²) in [5.41, 5.74) is 2.61. The highest BCUT2D eigenvalue weighted by molar-refractivity contribution is 7.98. The van der Waals surface area contributed by atoms with Crippen LogP contribution in [-0.2, 0) is 0 Å². The molecular formula is C14H17FS. The monoisotopic (exact) mass is 236 g/mol. The van der Waals surface area contributed by atoms with Gasteiger partial charge in [-0.05, 0) is 60.5 Å². The van der Waals surface area contributed by atoms with Gasteiger partial charge in [0.25, 0.3) is 0 Å². The van der Waals surface area contributed by atoms with Gasteiger partial charge in [0.2, 0.25) is 0 Å². The topological polar surface area (TPSA) is 0 Å². The van der Waals surface area contributed by atoms with Crippen LogP contribution in [-0.4, -0.2) is 12.0 Å². The van der Waals surface area contributed by atoms with Crippen molar-refractivity contribution in [2.75, 3.05) is 12.0 Å². The van der Waals surface area contributed by atoms with Crippen LogP contribution in [0.4, 0.5) is 4.39 Å². The van der Waals surface area contributed by atoms with Crippen molar-refractivity contribution in [1.29, 1.82) is 0 Å². The molecule has 86 valence electrons. The lowest BCUT2D eigenvalue weighted by Gasteiger charge is -2.24. The van der Waals surface area contributed by atoms with Crippen LogP contribution < -0.4 is 0 Å². The Labute approximate surface area is 101 Å². The van der Waals surface area contributed by atoms with Crippen LogP contribution in [0.25, 0.3) is 5.57 Å². The number of allylic oxidation sites excluding steroid dienone is 2. The van der Waals surface area contributed by atoms with Crippen molar-refractivity contribution >= 4 is 17.3 Å². The van der Waals surface area contributed by atoms with Crippen LogP contribution in [0, 0.1) is 11.7 Å². The van der Waals surface area contributed by atoms with Crippen molar-refractivity contribution in [3.63, 3.8) is 0 Å². The Bertz CT molecular complexity index is 367. The molecular weight excluding hydrogens is 219 g/mol. The Morgan fingerprint density at radius 2 is 2.06 bits per heavy atom. The molecule has 1 aromatic rings. The smallest absolute Gasteiger partial charge is 0.123 e. The van der Waals surface area contributed by atoms with Gasteiger partial charge in [-0.2, -0.15) is 11.8 Å². The van der Waals surface area contributed by atoms with E-state index in [0.717, 1.165) is 6.42 Å². The standard InChI is InChI=1S/C14H17FS/c1-16-10-12-4-2-3-5-14(12)11-6-8-13(15)9-7-11/h5-9,12H,2-4,10H2,1H3. The van der Waals surface area contributed by atoms with E-state index in [0.29, 0.717) is 5.92 Å². The van der Waals surface area contributed by atoms with Gasteiger partial charge in [0.1, 0.15) is 5.82 Å². The second kappa shape index (κ2) is 5.53. The molecule has 0 heterocycles. The highest BCUT2D eigenvalue weighted by Crippen LogP contribution is 2.34. The number of hydrogen-bond donors (Lipinski definition) is 0. The van der Waals surface area contributed by atoms with Crippen LogP contribution in [0.3, 0.4) is 0 Å². The molecule has 1 aliphatic carbocycles. The SMILES string of the molecule is CSCC1CCCC=C1c1ccc(F)cc1. The van der Waals surface area contributed by atoms with E-state index in [1.165, 1.54) is 29.7 Å². The Kier molecular flexibility index (Phi) is 4.05. The van der Waals surface area contributed by atoms with Gasteiger partial charge in [0.15, 0.2) is 0 Å². The summed E-state index contributed by atoms with van der Waals surface area (Å²) in [5.74, 6) is 1.67. The minimum atomic E-state index is -0.151. The van der Waals surface area contributed by atoms with Crippen LogP contribution in [0.2, 0.25) is 0 Å². The average Bonchev–Trinajstić information content (AvgIpc) is 2.32. The van der Waals surface area contributed by atoms with Crippen LogP contribution >= 0.6 is 11.8 Å². The molecule has 0 radical (unpaired) electrons. The third-order valence-corrected chi connectivity index (χ3v) is 3.84. The number of hydrogen-bond acceptors (Lipinski definition) is 1. The summed E-state index contributed by atoms with van der Waals surface area (Å²) in [5, 5.41) is 0. The van der Waals surface area contributed by atoms with E-state index < -0.39 is 0 Å². The Balaban J connectivity index is 2.23. The van der Waals surface area contributed by atoms with Crippen molar-refractivity contribution in [3.05, 3.63) is 41.7 Å². The fourth-order valence-electron chi connectivity index (χ4n) is 2.31. The Hall–Kier alpha value is -0.760. The molecule has 2 heteroatoms. The second-order valence-electron chi connectivity index (χ2n) is 4.25. The van der Waals surface area contributed by atoms with Gasteiger partial charge in [-0.15, -0.1) is 0 Å². The van der Waals surface area contributed by atoms with Gasteiger partial charge in [-0.1, -0.05) is 18.2 Å². The maximum atomic E-state index is 12.9. The maximum Gasteiger partial charge on any atom is 0.123 e. The average molecular weight is 236 g/mol. The predicted octanol–water partition coefficient (Wildman–Crippen LogP) is 4.37. The molecule has 1 aromatic carbocycles. The molecule has 16 heavy (non-hydrogen) atoms. The highest BCUT2D eigenvalue weighted by Gasteiger charge is 2.18. The fourth-order valence-corrected chi connectivity index (χ4v) is 3.06. The van der Waals surface area contributed by atoms with E-state index in [-0.39, 0.29) is 5.82 Å². The van der Waals surface area contributed by atoms with Gasteiger partial charge in [0.05, 0.1) is 0 Å². The lowest BCUT2D eigenvalue weighted by molar-refractivity contribution is 0.607. The fraction of sp³-hybridized carbons (Fsp3) is 0.429. The molecule has 0 aromatic heterocycles. The second-order valence-corrected chi connectivity index (χ2v) is 5.16. The summed E-state index contributed by atoms with van der Waals surface area (Å²) >= 11 is 1.89. The van der Waals surface area contributed by atoms with Gasteiger partial charge < -0.3 is 0 Å². The molecule has 0 saturated carbocycles. The number of rotatable bonds is 3. The molecule has 0 nitrogen and oxygen atoms in total. The summed E-state index contributed by atoms with van der Waals surface area (Å²) in [7, 11) is 0. The van der Waals surface area contributed by atoms with Crippen LogP contribution in [0.5, 0.6) is 0 Å². The van der Waals surface area contributed by atoms with E-state index in [2.05, 4.69) is 12.3 Å². The van der Waals surface area contributed by atoms with Gasteiger partial charge in [-0.25, -0.2) is 4.39 Å². The quantitative estimate of drug-likeness (QED) is 0.751. The first-order chi connectivity index (χ1) is 7.81. The Morgan fingerprint density at radius 1 is 1.31 bits per heavy atom. The van der Waals surface area contributed by atoms with E-state index in [1.54, 1.807) is 12.1 Å². The molecule has 1 atom stereocenters. The lowest BCUT2D eigenvalue weighted by Crippen LogP contribution is -2.10. The van der Waals surface area contributed by atoms with Crippen molar-refractivity contribution in [1.82, 2.24) is 0 Å². The van der Waals surface area contributed by atoms with Crippen molar-refractivity contribution in [3.8, 4) is 0 Å². The number of thioether (sulfide) groups is 1. The Morgan fingerprint density at radius 3 is 2.75 bits per heavy atom. The van der Waals surface area contributed by atoms with E-state index in [4.69, 9.17) is 0 Å². The summed E-state index contributed by atoms with van der Waals surface area (Å²) in [6.07, 6.45) is 8.20. The molecule has 0 N–H and O–H groups in total. The van der Waals surface area contributed by atoms with Crippen molar-refractivity contribution in [2.24, 2.45) is 5.92 Å². The molecule has 0 aliphatic heterocycles. The first-order valence-electron chi connectivity index (χ1n) is 5.76. The summed E-state index contributed by atoms with van der Waals surface area (Å²) < 4.78 is 12.9. The van der Waals surface area contributed by atoms with Crippen molar-refractivity contribution < 1.29 is 4.39 Å². The zero-order valence-electron chi connectivity index (χ0n) is 9.58. The largest absolute Gasteiger partial charge is 0.207 e. The number of benzene rings is 1. The zero-order valence-corrected chi connectivity index (χ0v) is 10.4. The lowest BCUT2D eigenvalue weighted by atomic mass is 9.85. The molecule has 0 fully saturated rings. The van der Waals surface area contributed by atoms with Gasteiger partial charge >= 0.3 is 0 Å². The molecule has 1 unspecified atom stereocenters. The van der Waals surface area contributed by atoms with E-state index in [1.807, 2.05) is 23.9 Å². The third-order valence-electron chi connectivity index (χ3n) is 3.11. The van der Waals surface area contributed by atoms with Crippen LogP contribution in [0.1, 0.15) is 24.8 Å². The molecule has 2 rings (SSSR count). The molecule has 0 amide bonds. The van der Waals surface area contributed by atoms with Gasteiger partial charge in [-0.3, -0.25) is 0 Å². The summed E-state index contributed by atoms with van der Waals surface area (Å²) in [6.45, 7) is 0. The molecule has 1 aliphatic rings. The highest BCUT2D eigenvalue weighted by atomic mass is 32.2. The first-order valence-corrected chi connectivity index (χ1v) is 7.15. The third kappa shape index (κ3) is 2.67. The maximum absolute atomic E-state index is 12.9. The molecule has 0 spiro atoms. The van der Waals surface area contributed by atoms with Gasteiger partial charge in [0, 0.05) is 0 Å². The number of halogens is 1. The van der Waals surface area contributed by atoms with E-state index in [9.17, 15) is 4.39 Å². The minimum absolute atomic E-state index is 0.151.